The predicted molar refractivity (Wildman–Crippen MR) is 119 cm³/mol. The lowest BCUT2D eigenvalue weighted by Gasteiger charge is -2.33. The minimum absolute atomic E-state index is 0.158. The van der Waals surface area contributed by atoms with Crippen molar-refractivity contribution < 1.29 is 14.5 Å². The number of rotatable bonds is 5. The molecule has 31 heavy (non-hydrogen) atoms. The molecular weight excluding hydrogens is 398 g/mol. The molecule has 1 heterocycles. The number of carbonyl (C=O) groups is 2. The van der Waals surface area contributed by atoms with E-state index in [9.17, 15) is 19.7 Å². The Labute approximate surface area is 181 Å². The summed E-state index contributed by atoms with van der Waals surface area (Å²) in [5.74, 6) is -0.478. The van der Waals surface area contributed by atoms with Gasteiger partial charge in [0.25, 0.3) is 17.5 Å². The molecule has 3 rings (SSSR count). The van der Waals surface area contributed by atoms with E-state index in [0.29, 0.717) is 17.2 Å². The molecule has 0 bridgehead atoms. The van der Waals surface area contributed by atoms with Crippen molar-refractivity contribution in [3.8, 4) is 0 Å². The van der Waals surface area contributed by atoms with Crippen LogP contribution in [0.3, 0.4) is 0 Å². The van der Waals surface area contributed by atoms with Gasteiger partial charge in [-0.15, -0.1) is 0 Å². The molecule has 2 amide bonds. The predicted octanol–water partition coefficient (Wildman–Crippen LogP) is 2.97. The second kappa shape index (κ2) is 9.46. The molecule has 0 aromatic heterocycles. The minimum Gasteiger partial charge on any atom is -0.378 e. The van der Waals surface area contributed by atoms with Crippen LogP contribution in [0.25, 0.3) is 0 Å². The zero-order valence-corrected chi connectivity index (χ0v) is 17.9. The van der Waals surface area contributed by atoms with E-state index in [4.69, 9.17) is 0 Å². The van der Waals surface area contributed by atoms with E-state index >= 15 is 0 Å². The van der Waals surface area contributed by atoms with Gasteiger partial charge < -0.3 is 9.80 Å². The Morgan fingerprint density at radius 1 is 1.06 bits per heavy atom. The van der Waals surface area contributed by atoms with E-state index in [2.05, 4.69) is 22.7 Å². The molecule has 0 spiro atoms. The number of nitro groups is 1. The number of nitro benzene ring substituents is 1. The van der Waals surface area contributed by atoms with Crippen LogP contribution in [-0.4, -0.2) is 43.9 Å². The van der Waals surface area contributed by atoms with Gasteiger partial charge in [0, 0.05) is 50.6 Å². The van der Waals surface area contributed by atoms with Crippen molar-refractivity contribution in [1.29, 1.82) is 0 Å². The Hall–Kier alpha value is -3.62. The average Bonchev–Trinajstić information content (AvgIpc) is 2.77. The quantitative estimate of drug-likeness (QED) is 0.563. The van der Waals surface area contributed by atoms with Crippen molar-refractivity contribution in [2.24, 2.45) is 5.92 Å². The number of carbonyl (C=O) groups excluding carboxylic acids is 2. The van der Waals surface area contributed by atoms with Crippen LogP contribution in [0.5, 0.6) is 0 Å². The SMILES string of the molecule is CC1CCN(c2ccc([N+](=O)[O-])cc2C(=O)NNC(=O)c2cccc(N(C)C)c2)CC1. The van der Waals surface area contributed by atoms with Crippen molar-refractivity contribution >= 4 is 28.9 Å². The van der Waals surface area contributed by atoms with Crippen LogP contribution in [0, 0.1) is 16.0 Å². The summed E-state index contributed by atoms with van der Waals surface area (Å²) < 4.78 is 0. The number of hydrogen-bond acceptors (Lipinski definition) is 6. The first kappa shape index (κ1) is 22.1. The minimum atomic E-state index is -0.602. The first-order chi connectivity index (χ1) is 14.8. The summed E-state index contributed by atoms with van der Waals surface area (Å²) in [4.78, 5) is 40.0. The number of piperidine rings is 1. The van der Waals surface area contributed by atoms with E-state index in [1.165, 1.54) is 12.1 Å². The molecule has 0 radical (unpaired) electrons. The van der Waals surface area contributed by atoms with Gasteiger partial charge in [0.05, 0.1) is 16.2 Å². The molecule has 2 aromatic rings. The molecule has 2 aromatic carbocycles. The Balaban J connectivity index is 1.78. The van der Waals surface area contributed by atoms with Gasteiger partial charge in [-0.3, -0.25) is 30.6 Å². The number of amides is 2. The fourth-order valence-electron chi connectivity index (χ4n) is 3.52. The molecule has 1 fully saturated rings. The number of nitrogens with one attached hydrogen (secondary N) is 2. The van der Waals surface area contributed by atoms with E-state index in [1.54, 1.807) is 24.3 Å². The van der Waals surface area contributed by atoms with Crippen LogP contribution in [0.2, 0.25) is 0 Å². The van der Waals surface area contributed by atoms with Crippen LogP contribution in [0.4, 0.5) is 17.1 Å². The lowest BCUT2D eigenvalue weighted by Crippen LogP contribution is -2.42. The fourth-order valence-corrected chi connectivity index (χ4v) is 3.52. The number of anilines is 2. The van der Waals surface area contributed by atoms with Gasteiger partial charge in [-0.25, -0.2) is 0 Å². The Kier molecular flexibility index (Phi) is 6.74. The van der Waals surface area contributed by atoms with Crippen LogP contribution in [0.15, 0.2) is 42.5 Å². The molecule has 0 saturated carbocycles. The highest BCUT2D eigenvalue weighted by molar-refractivity contribution is 6.03. The molecule has 1 aliphatic rings. The van der Waals surface area contributed by atoms with Crippen molar-refractivity contribution in [2.45, 2.75) is 19.8 Å². The first-order valence-corrected chi connectivity index (χ1v) is 10.2. The van der Waals surface area contributed by atoms with Gasteiger partial charge in [-0.1, -0.05) is 13.0 Å². The van der Waals surface area contributed by atoms with E-state index < -0.39 is 16.7 Å². The fraction of sp³-hybridized carbons (Fsp3) is 0.364. The number of benzene rings is 2. The highest BCUT2D eigenvalue weighted by atomic mass is 16.6. The molecule has 1 aliphatic heterocycles. The largest absolute Gasteiger partial charge is 0.378 e. The third kappa shape index (κ3) is 5.30. The van der Waals surface area contributed by atoms with Gasteiger partial charge in [-0.05, 0) is 43.0 Å². The van der Waals surface area contributed by atoms with Crippen molar-refractivity contribution in [1.82, 2.24) is 10.9 Å². The van der Waals surface area contributed by atoms with E-state index in [0.717, 1.165) is 31.6 Å². The van der Waals surface area contributed by atoms with Crippen LogP contribution >= 0.6 is 0 Å². The molecule has 9 nitrogen and oxygen atoms in total. The summed E-state index contributed by atoms with van der Waals surface area (Å²) in [5, 5.41) is 11.2. The van der Waals surface area contributed by atoms with Crippen molar-refractivity contribution in [3.05, 3.63) is 63.7 Å². The van der Waals surface area contributed by atoms with Gasteiger partial charge in [0.1, 0.15) is 0 Å². The lowest BCUT2D eigenvalue weighted by atomic mass is 9.98. The summed E-state index contributed by atoms with van der Waals surface area (Å²) in [6.07, 6.45) is 1.97. The molecule has 0 aliphatic carbocycles. The maximum atomic E-state index is 12.9. The monoisotopic (exact) mass is 425 g/mol. The molecule has 164 valence electrons. The zero-order chi connectivity index (χ0) is 22.5. The van der Waals surface area contributed by atoms with Gasteiger partial charge >= 0.3 is 0 Å². The molecule has 1 saturated heterocycles. The smallest absolute Gasteiger partial charge is 0.272 e. The average molecular weight is 425 g/mol. The standard InChI is InChI=1S/C22H27N5O4/c1-15-9-11-26(12-10-15)20-8-7-18(27(30)31)14-19(20)22(29)24-23-21(28)16-5-4-6-17(13-16)25(2)3/h4-8,13-15H,9-12H2,1-3H3,(H,23,28)(H,24,29). The van der Waals surface area contributed by atoms with Crippen molar-refractivity contribution in [3.63, 3.8) is 0 Å². The molecule has 0 atom stereocenters. The maximum Gasteiger partial charge on any atom is 0.272 e. The number of non-ortho nitro benzene ring substituents is 1. The summed E-state index contributed by atoms with van der Waals surface area (Å²) in [5.41, 5.74) is 6.64. The Morgan fingerprint density at radius 2 is 1.74 bits per heavy atom. The summed E-state index contributed by atoms with van der Waals surface area (Å²) >= 11 is 0. The topological polar surface area (TPSA) is 108 Å². The summed E-state index contributed by atoms with van der Waals surface area (Å²) in [6, 6.07) is 11.2. The second-order valence-electron chi connectivity index (χ2n) is 7.98. The lowest BCUT2D eigenvalue weighted by molar-refractivity contribution is -0.384. The molecule has 9 heteroatoms. The molecular formula is C22H27N5O4. The van der Waals surface area contributed by atoms with Gasteiger partial charge in [-0.2, -0.15) is 0 Å². The normalized spacial score (nSPS) is 14.1. The highest BCUT2D eigenvalue weighted by Gasteiger charge is 2.24. The van der Waals surface area contributed by atoms with Gasteiger partial charge in [0.2, 0.25) is 0 Å². The number of hydrazine groups is 1. The van der Waals surface area contributed by atoms with Crippen LogP contribution < -0.4 is 20.7 Å². The Bertz CT molecular complexity index is 984. The van der Waals surface area contributed by atoms with E-state index in [-0.39, 0.29) is 11.3 Å². The van der Waals surface area contributed by atoms with Crippen LogP contribution in [-0.2, 0) is 0 Å². The first-order valence-electron chi connectivity index (χ1n) is 10.2. The highest BCUT2D eigenvalue weighted by Crippen LogP contribution is 2.29. The third-order valence-electron chi connectivity index (χ3n) is 5.47. The Morgan fingerprint density at radius 3 is 2.39 bits per heavy atom. The summed E-state index contributed by atoms with van der Waals surface area (Å²) in [7, 11) is 3.73. The second-order valence-corrected chi connectivity index (χ2v) is 7.98. The number of hydrogen-bond donors (Lipinski definition) is 2. The molecule has 0 unspecified atom stereocenters. The van der Waals surface area contributed by atoms with Crippen molar-refractivity contribution in [2.75, 3.05) is 37.0 Å². The summed E-state index contributed by atoms with van der Waals surface area (Å²) in [6.45, 7) is 3.72. The van der Waals surface area contributed by atoms with E-state index in [1.807, 2.05) is 25.1 Å². The zero-order valence-electron chi connectivity index (χ0n) is 17.9. The van der Waals surface area contributed by atoms with Crippen LogP contribution in [0.1, 0.15) is 40.5 Å². The number of nitrogens with zero attached hydrogens (tertiary/aromatic N) is 3. The third-order valence-corrected chi connectivity index (χ3v) is 5.47. The van der Waals surface area contributed by atoms with Gasteiger partial charge in [0.15, 0.2) is 0 Å². The molecule has 2 N–H and O–H groups in total. The maximum absolute atomic E-state index is 12.9.